The van der Waals surface area contributed by atoms with Gasteiger partial charge in [-0.15, -0.1) is 11.3 Å². The van der Waals surface area contributed by atoms with Gasteiger partial charge in [-0.3, -0.25) is 9.69 Å². The van der Waals surface area contributed by atoms with Gasteiger partial charge in [0.05, 0.1) is 18.7 Å². The lowest BCUT2D eigenvalue weighted by molar-refractivity contribution is -0.117. The Hall–Kier alpha value is -2.58. The molecule has 29 heavy (non-hydrogen) atoms. The van der Waals surface area contributed by atoms with Crippen LogP contribution in [-0.4, -0.2) is 43.8 Å². The summed E-state index contributed by atoms with van der Waals surface area (Å²) >= 11 is 1.39. The maximum atomic E-state index is 12.6. The SMILES string of the molecule is CCOC(=O)c1c(C2CC2)csc1NC(=O)CN(C)Cc1ccc2c(c1)OCO2. The Morgan fingerprint density at radius 1 is 1.28 bits per heavy atom. The Kier molecular flexibility index (Phi) is 5.73. The third-order valence-electron chi connectivity index (χ3n) is 4.87. The monoisotopic (exact) mass is 416 g/mol. The van der Waals surface area contributed by atoms with E-state index in [4.69, 9.17) is 14.2 Å². The minimum atomic E-state index is -0.361. The minimum Gasteiger partial charge on any atom is -0.462 e. The molecule has 7 nitrogen and oxygen atoms in total. The van der Waals surface area contributed by atoms with Crippen molar-refractivity contribution in [3.63, 3.8) is 0 Å². The molecule has 0 saturated heterocycles. The maximum absolute atomic E-state index is 12.6. The summed E-state index contributed by atoms with van der Waals surface area (Å²) in [6, 6.07) is 5.76. The Labute approximate surface area is 173 Å². The second-order valence-electron chi connectivity index (χ2n) is 7.30. The maximum Gasteiger partial charge on any atom is 0.341 e. The lowest BCUT2D eigenvalue weighted by atomic mass is 10.1. The molecule has 4 rings (SSSR count). The number of benzene rings is 1. The summed E-state index contributed by atoms with van der Waals surface area (Å²) < 4.78 is 15.9. The third-order valence-corrected chi connectivity index (χ3v) is 5.79. The van der Waals surface area contributed by atoms with Gasteiger partial charge >= 0.3 is 5.97 Å². The number of rotatable bonds is 8. The van der Waals surface area contributed by atoms with Crippen LogP contribution in [0.25, 0.3) is 0 Å². The summed E-state index contributed by atoms with van der Waals surface area (Å²) in [6.07, 6.45) is 2.16. The van der Waals surface area contributed by atoms with Crippen LogP contribution in [0.2, 0.25) is 0 Å². The first-order valence-electron chi connectivity index (χ1n) is 9.70. The fourth-order valence-electron chi connectivity index (χ4n) is 3.39. The van der Waals surface area contributed by atoms with Crippen molar-refractivity contribution in [1.29, 1.82) is 0 Å². The predicted molar refractivity (Wildman–Crippen MR) is 110 cm³/mol. The number of hydrogen-bond acceptors (Lipinski definition) is 7. The molecule has 154 valence electrons. The fraction of sp³-hybridized carbons (Fsp3) is 0.429. The van der Waals surface area contributed by atoms with Gasteiger partial charge in [0.1, 0.15) is 5.00 Å². The highest BCUT2D eigenvalue weighted by Crippen LogP contribution is 2.46. The summed E-state index contributed by atoms with van der Waals surface area (Å²) in [5.41, 5.74) is 2.55. The van der Waals surface area contributed by atoms with Crippen LogP contribution in [-0.2, 0) is 16.1 Å². The predicted octanol–water partition coefficient (Wildman–Crippen LogP) is 3.60. The van der Waals surface area contributed by atoms with E-state index in [2.05, 4.69) is 5.32 Å². The van der Waals surface area contributed by atoms with Crippen molar-refractivity contribution in [2.24, 2.45) is 0 Å². The Balaban J connectivity index is 1.38. The van der Waals surface area contributed by atoms with Crippen LogP contribution in [0.3, 0.4) is 0 Å². The molecular formula is C21H24N2O5S. The number of ether oxygens (including phenoxy) is 3. The first-order chi connectivity index (χ1) is 14.0. The molecule has 2 heterocycles. The van der Waals surface area contributed by atoms with E-state index < -0.39 is 0 Å². The zero-order valence-electron chi connectivity index (χ0n) is 16.5. The van der Waals surface area contributed by atoms with Gasteiger partial charge in [-0.1, -0.05) is 6.07 Å². The van der Waals surface area contributed by atoms with E-state index in [9.17, 15) is 9.59 Å². The van der Waals surface area contributed by atoms with E-state index in [0.29, 0.717) is 29.6 Å². The summed E-state index contributed by atoms with van der Waals surface area (Å²) in [4.78, 5) is 26.9. The lowest BCUT2D eigenvalue weighted by Crippen LogP contribution is -2.30. The zero-order valence-corrected chi connectivity index (χ0v) is 17.3. The van der Waals surface area contributed by atoms with Gasteiger partial charge in [-0.2, -0.15) is 0 Å². The largest absolute Gasteiger partial charge is 0.462 e. The highest BCUT2D eigenvalue weighted by molar-refractivity contribution is 7.15. The van der Waals surface area contributed by atoms with Crippen LogP contribution in [0.5, 0.6) is 11.5 Å². The van der Waals surface area contributed by atoms with Gasteiger partial charge in [0.15, 0.2) is 11.5 Å². The number of carbonyl (C=O) groups excluding carboxylic acids is 2. The normalized spacial score (nSPS) is 14.9. The molecule has 0 radical (unpaired) electrons. The van der Waals surface area contributed by atoms with Crippen molar-refractivity contribution < 1.29 is 23.8 Å². The Morgan fingerprint density at radius 2 is 2.07 bits per heavy atom. The van der Waals surface area contributed by atoms with Crippen LogP contribution in [0.4, 0.5) is 5.00 Å². The molecule has 1 aromatic heterocycles. The van der Waals surface area contributed by atoms with Gasteiger partial charge in [0.2, 0.25) is 12.7 Å². The first kappa shape index (κ1) is 19.7. The number of fused-ring (bicyclic) bond motifs is 1. The molecule has 8 heteroatoms. The van der Waals surface area contributed by atoms with Crippen molar-refractivity contribution >= 4 is 28.2 Å². The number of amides is 1. The molecule has 1 fully saturated rings. The molecule has 0 unspecified atom stereocenters. The summed E-state index contributed by atoms with van der Waals surface area (Å²) in [7, 11) is 1.88. The first-order valence-corrected chi connectivity index (χ1v) is 10.6. The number of esters is 1. The molecule has 0 bridgehead atoms. The van der Waals surface area contributed by atoms with Crippen LogP contribution >= 0.6 is 11.3 Å². The van der Waals surface area contributed by atoms with Gasteiger partial charge in [0, 0.05) is 6.54 Å². The number of nitrogens with zero attached hydrogens (tertiary/aromatic N) is 1. The van der Waals surface area contributed by atoms with Gasteiger partial charge < -0.3 is 19.5 Å². The molecule has 1 N–H and O–H groups in total. The van der Waals surface area contributed by atoms with Crippen molar-refractivity contribution in [2.45, 2.75) is 32.2 Å². The second kappa shape index (κ2) is 8.42. The summed E-state index contributed by atoms with van der Waals surface area (Å²) in [6.45, 7) is 3.12. The Bertz CT molecular complexity index is 922. The molecule has 1 amide bonds. The molecule has 1 aliphatic heterocycles. The van der Waals surface area contributed by atoms with Crippen molar-refractivity contribution in [3.05, 3.63) is 40.3 Å². The van der Waals surface area contributed by atoms with Crippen molar-refractivity contribution in [2.75, 3.05) is 32.3 Å². The number of carbonyl (C=O) groups is 2. The highest BCUT2D eigenvalue weighted by atomic mass is 32.1. The smallest absolute Gasteiger partial charge is 0.341 e. The molecule has 1 aromatic carbocycles. The van der Waals surface area contributed by atoms with E-state index >= 15 is 0 Å². The lowest BCUT2D eigenvalue weighted by Gasteiger charge is -2.16. The number of anilines is 1. The molecule has 1 aliphatic carbocycles. The standard InChI is InChI=1S/C21H24N2O5S/c1-3-26-21(25)19-15(14-5-6-14)11-29-20(19)22-18(24)10-23(2)9-13-4-7-16-17(8-13)28-12-27-16/h4,7-8,11,14H,3,5-6,9-10,12H2,1-2H3,(H,22,24). The number of hydrogen-bond donors (Lipinski definition) is 1. The van der Waals surface area contributed by atoms with Gasteiger partial charge in [-0.25, -0.2) is 4.79 Å². The van der Waals surface area contributed by atoms with Gasteiger partial charge in [-0.05, 0) is 61.4 Å². The summed E-state index contributed by atoms with van der Waals surface area (Å²) in [5, 5.41) is 5.45. The fourth-order valence-corrected chi connectivity index (χ4v) is 4.44. The molecule has 0 atom stereocenters. The van der Waals surface area contributed by atoms with E-state index in [0.717, 1.165) is 35.5 Å². The molecular weight excluding hydrogens is 392 g/mol. The molecule has 0 spiro atoms. The molecule has 2 aromatic rings. The quantitative estimate of drug-likeness (QED) is 0.663. The minimum absolute atomic E-state index is 0.164. The number of likely N-dealkylation sites (N-methyl/N-ethyl adjacent to an activating group) is 1. The average molecular weight is 416 g/mol. The van der Waals surface area contributed by atoms with Crippen LogP contribution in [0.1, 0.15) is 47.2 Å². The highest BCUT2D eigenvalue weighted by Gasteiger charge is 2.32. The van der Waals surface area contributed by atoms with E-state index in [1.54, 1.807) is 6.92 Å². The summed E-state index contributed by atoms with van der Waals surface area (Å²) in [5.74, 6) is 1.35. The van der Waals surface area contributed by atoms with Crippen LogP contribution in [0.15, 0.2) is 23.6 Å². The Morgan fingerprint density at radius 3 is 2.83 bits per heavy atom. The zero-order chi connectivity index (χ0) is 20.4. The average Bonchev–Trinajstić information content (AvgIpc) is 3.27. The molecule has 1 saturated carbocycles. The third kappa shape index (κ3) is 4.54. The number of thiophene rings is 1. The van der Waals surface area contributed by atoms with E-state index in [1.807, 2.05) is 35.5 Å². The molecule has 2 aliphatic rings. The van der Waals surface area contributed by atoms with Crippen LogP contribution in [0, 0.1) is 0 Å². The number of nitrogens with one attached hydrogen (secondary N) is 1. The van der Waals surface area contributed by atoms with Crippen molar-refractivity contribution in [1.82, 2.24) is 4.90 Å². The second-order valence-corrected chi connectivity index (χ2v) is 8.18. The van der Waals surface area contributed by atoms with Gasteiger partial charge in [0.25, 0.3) is 0 Å². The van der Waals surface area contributed by atoms with Crippen LogP contribution < -0.4 is 14.8 Å². The topological polar surface area (TPSA) is 77.1 Å². The van der Waals surface area contributed by atoms with E-state index in [-0.39, 0.29) is 25.2 Å². The van der Waals surface area contributed by atoms with E-state index in [1.165, 1.54) is 11.3 Å². The van der Waals surface area contributed by atoms with Crippen molar-refractivity contribution in [3.8, 4) is 11.5 Å².